The van der Waals surface area contributed by atoms with Crippen LogP contribution in [0, 0.1) is 0 Å². The zero-order chi connectivity index (χ0) is 23.1. The van der Waals surface area contributed by atoms with E-state index in [1.807, 2.05) is 6.92 Å². The summed E-state index contributed by atoms with van der Waals surface area (Å²) in [6.45, 7) is 3.32. The Balaban J connectivity index is 1.57. The quantitative estimate of drug-likeness (QED) is 0.671. The lowest BCUT2D eigenvalue weighted by Crippen LogP contribution is -2.39. The number of ether oxygens (including phenoxy) is 2. The van der Waals surface area contributed by atoms with E-state index in [4.69, 9.17) is 9.47 Å². The van der Waals surface area contributed by atoms with Crippen molar-refractivity contribution >= 4 is 11.8 Å². The van der Waals surface area contributed by atoms with E-state index in [0.717, 1.165) is 6.07 Å². The van der Waals surface area contributed by atoms with Gasteiger partial charge >= 0.3 is 6.18 Å². The topological polar surface area (TPSA) is 59.1 Å². The number of rotatable bonds is 6. The van der Waals surface area contributed by atoms with Gasteiger partial charge in [-0.3, -0.25) is 9.59 Å². The second-order valence-electron chi connectivity index (χ2n) is 7.26. The van der Waals surface area contributed by atoms with Gasteiger partial charge in [0.25, 0.3) is 11.8 Å². The van der Waals surface area contributed by atoms with Gasteiger partial charge in [-0.2, -0.15) is 13.2 Å². The number of benzene rings is 2. The molecule has 0 radical (unpaired) electrons. The van der Waals surface area contributed by atoms with Crippen LogP contribution in [0.2, 0.25) is 0 Å². The summed E-state index contributed by atoms with van der Waals surface area (Å²) in [5, 5.41) is 0. The number of halogens is 3. The minimum absolute atomic E-state index is 0.153. The van der Waals surface area contributed by atoms with E-state index < -0.39 is 17.6 Å². The van der Waals surface area contributed by atoms with Gasteiger partial charge in [0.15, 0.2) is 6.61 Å². The van der Waals surface area contributed by atoms with Crippen molar-refractivity contribution < 1.29 is 32.2 Å². The Morgan fingerprint density at radius 3 is 2.12 bits per heavy atom. The third-order valence-corrected chi connectivity index (χ3v) is 5.10. The molecule has 0 aliphatic carbocycles. The molecule has 0 N–H and O–H groups in total. The number of amides is 2. The van der Waals surface area contributed by atoms with Gasteiger partial charge in [0, 0.05) is 26.2 Å². The van der Waals surface area contributed by atoms with E-state index >= 15 is 0 Å². The smallest absolute Gasteiger partial charge is 0.417 e. The lowest BCUT2D eigenvalue weighted by atomic mass is 10.1. The molecular formula is C23H25F3N2O4. The fraction of sp³-hybridized carbons (Fsp3) is 0.391. The zero-order valence-corrected chi connectivity index (χ0v) is 17.7. The summed E-state index contributed by atoms with van der Waals surface area (Å²) in [6, 6.07) is 11.7. The van der Waals surface area contributed by atoms with Crippen LogP contribution in [0.25, 0.3) is 0 Å². The van der Waals surface area contributed by atoms with Crippen molar-refractivity contribution in [2.45, 2.75) is 19.5 Å². The zero-order valence-electron chi connectivity index (χ0n) is 17.7. The molecule has 0 unspecified atom stereocenters. The highest BCUT2D eigenvalue weighted by atomic mass is 19.4. The van der Waals surface area contributed by atoms with E-state index in [-0.39, 0.29) is 37.7 Å². The van der Waals surface area contributed by atoms with Gasteiger partial charge in [-0.1, -0.05) is 12.1 Å². The molecule has 1 saturated heterocycles. The monoisotopic (exact) mass is 450 g/mol. The second-order valence-corrected chi connectivity index (χ2v) is 7.26. The van der Waals surface area contributed by atoms with Crippen molar-refractivity contribution in [3.05, 3.63) is 59.7 Å². The molecule has 6 nitrogen and oxygen atoms in total. The van der Waals surface area contributed by atoms with Crippen molar-refractivity contribution in [1.82, 2.24) is 9.80 Å². The number of nitrogens with zero attached hydrogens (tertiary/aromatic N) is 2. The number of carbonyl (C=O) groups is 2. The summed E-state index contributed by atoms with van der Waals surface area (Å²) in [6.07, 6.45) is -4.15. The number of hydrogen-bond acceptors (Lipinski definition) is 4. The Bertz CT molecular complexity index is 932. The van der Waals surface area contributed by atoms with Crippen molar-refractivity contribution in [2.75, 3.05) is 39.4 Å². The third-order valence-electron chi connectivity index (χ3n) is 5.10. The van der Waals surface area contributed by atoms with Crippen LogP contribution in [0.3, 0.4) is 0 Å². The first-order chi connectivity index (χ1) is 15.3. The van der Waals surface area contributed by atoms with Gasteiger partial charge in [0.2, 0.25) is 0 Å². The number of alkyl halides is 3. The van der Waals surface area contributed by atoms with E-state index in [2.05, 4.69) is 0 Å². The minimum Gasteiger partial charge on any atom is -0.494 e. The van der Waals surface area contributed by atoms with Gasteiger partial charge < -0.3 is 19.3 Å². The molecule has 0 atom stereocenters. The minimum atomic E-state index is -4.61. The molecule has 0 aromatic heterocycles. The van der Waals surface area contributed by atoms with Crippen LogP contribution >= 0.6 is 0 Å². The van der Waals surface area contributed by atoms with Crippen LogP contribution in [0.1, 0.15) is 29.3 Å². The molecule has 0 bridgehead atoms. The predicted octanol–water partition coefficient (Wildman–Crippen LogP) is 3.86. The molecule has 1 aliphatic heterocycles. The average molecular weight is 450 g/mol. The van der Waals surface area contributed by atoms with Crippen LogP contribution < -0.4 is 9.47 Å². The van der Waals surface area contributed by atoms with E-state index in [1.54, 1.807) is 29.2 Å². The molecule has 9 heteroatoms. The average Bonchev–Trinajstić information content (AvgIpc) is 3.04. The lowest BCUT2D eigenvalue weighted by molar-refractivity contribution is -0.138. The molecule has 3 rings (SSSR count). The third kappa shape index (κ3) is 5.93. The van der Waals surface area contributed by atoms with Gasteiger partial charge in [-0.25, -0.2) is 0 Å². The highest BCUT2D eigenvalue weighted by Gasteiger charge is 2.36. The van der Waals surface area contributed by atoms with Gasteiger partial charge in [-0.15, -0.1) is 0 Å². The largest absolute Gasteiger partial charge is 0.494 e. The molecule has 0 saturated carbocycles. The highest BCUT2D eigenvalue weighted by molar-refractivity contribution is 5.96. The molecule has 2 amide bonds. The summed E-state index contributed by atoms with van der Waals surface area (Å²) >= 11 is 0. The Hall–Kier alpha value is -3.23. The van der Waals surface area contributed by atoms with Gasteiger partial charge in [0.1, 0.15) is 11.5 Å². The van der Waals surface area contributed by atoms with Crippen LogP contribution in [-0.2, 0) is 11.0 Å². The molecule has 2 aromatic rings. The summed E-state index contributed by atoms with van der Waals surface area (Å²) in [5.74, 6) is 0.300. The molecular weight excluding hydrogens is 425 g/mol. The fourth-order valence-electron chi connectivity index (χ4n) is 3.49. The predicted molar refractivity (Wildman–Crippen MR) is 112 cm³/mol. The first-order valence-electron chi connectivity index (χ1n) is 10.4. The Morgan fingerprint density at radius 1 is 0.875 bits per heavy atom. The standard InChI is InChI=1S/C23H25F3N2O4/c1-2-31-17-8-10-18(11-9-17)32-16-21(29)27-12-5-13-28(15-14-27)22(30)19-6-3-4-7-20(19)23(24,25)26/h3-4,6-11H,2,5,12-16H2,1H3. The van der Waals surface area contributed by atoms with E-state index in [0.29, 0.717) is 31.1 Å². The van der Waals surface area contributed by atoms with E-state index in [1.165, 1.54) is 23.1 Å². The maximum Gasteiger partial charge on any atom is 0.417 e. The van der Waals surface area contributed by atoms with Gasteiger partial charge in [0.05, 0.1) is 17.7 Å². The van der Waals surface area contributed by atoms with E-state index in [9.17, 15) is 22.8 Å². The lowest BCUT2D eigenvalue weighted by Gasteiger charge is -2.23. The normalized spacial score (nSPS) is 14.6. The molecule has 1 fully saturated rings. The molecule has 2 aromatic carbocycles. The summed E-state index contributed by atoms with van der Waals surface area (Å²) < 4.78 is 50.7. The Morgan fingerprint density at radius 2 is 1.47 bits per heavy atom. The SMILES string of the molecule is CCOc1ccc(OCC(=O)N2CCCN(C(=O)c3ccccc3C(F)(F)F)CC2)cc1. The maximum atomic E-state index is 13.3. The fourth-order valence-corrected chi connectivity index (χ4v) is 3.49. The summed E-state index contributed by atoms with van der Waals surface area (Å²) in [7, 11) is 0. The number of hydrogen-bond donors (Lipinski definition) is 0. The van der Waals surface area contributed by atoms with Crippen LogP contribution in [0.15, 0.2) is 48.5 Å². The highest BCUT2D eigenvalue weighted by Crippen LogP contribution is 2.32. The molecule has 0 spiro atoms. The first kappa shape index (κ1) is 23.4. The Kier molecular flexibility index (Phi) is 7.61. The molecule has 1 heterocycles. The van der Waals surface area contributed by atoms with Crippen molar-refractivity contribution in [3.63, 3.8) is 0 Å². The van der Waals surface area contributed by atoms with Crippen LogP contribution in [0.4, 0.5) is 13.2 Å². The van der Waals surface area contributed by atoms with Crippen molar-refractivity contribution in [2.24, 2.45) is 0 Å². The maximum absolute atomic E-state index is 13.3. The second kappa shape index (κ2) is 10.4. The Labute approximate surface area is 184 Å². The van der Waals surface area contributed by atoms with Gasteiger partial charge in [-0.05, 0) is 49.7 Å². The summed E-state index contributed by atoms with van der Waals surface area (Å²) in [5.41, 5.74) is -1.33. The summed E-state index contributed by atoms with van der Waals surface area (Å²) in [4.78, 5) is 28.3. The van der Waals surface area contributed by atoms with Crippen molar-refractivity contribution in [3.8, 4) is 11.5 Å². The van der Waals surface area contributed by atoms with Crippen LogP contribution in [-0.4, -0.2) is 61.0 Å². The first-order valence-corrected chi connectivity index (χ1v) is 10.4. The molecule has 32 heavy (non-hydrogen) atoms. The number of carbonyl (C=O) groups excluding carboxylic acids is 2. The molecule has 172 valence electrons. The van der Waals surface area contributed by atoms with Crippen LogP contribution in [0.5, 0.6) is 11.5 Å². The molecule has 1 aliphatic rings. The van der Waals surface area contributed by atoms with Crippen molar-refractivity contribution in [1.29, 1.82) is 0 Å².